The van der Waals surface area contributed by atoms with E-state index in [2.05, 4.69) is 41.5 Å². The van der Waals surface area contributed by atoms with Crippen molar-refractivity contribution < 1.29 is 46.9 Å². The molecule has 2 fully saturated rings. The van der Waals surface area contributed by atoms with Crippen molar-refractivity contribution in [3.63, 3.8) is 0 Å². The van der Waals surface area contributed by atoms with Gasteiger partial charge in [-0.1, -0.05) is 23.7 Å². The molecular weight excluding hydrogens is 701 g/mol. The number of hydrogen-bond donors (Lipinski definition) is 6. The first-order valence-electron chi connectivity index (χ1n) is 15.8. The highest BCUT2D eigenvalue weighted by molar-refractivity contribution is 6.35. The third-order valence-corrected chi connectivity index (χ3v) is 8.22. The van der Waals surface area contributed by atoms with Gasteiger partial charge in [-0.15, -0.1) is 0 Å². The molecule has 3 amide bonds. The number of hydrogen-bond acceptors (Lipinski definition) is 11. The molecule has 2 aliphatic rings. The smallest absolute Gasteiger partial charge is 0.422 e. The standard InChI is InChI=1S/C32H34ClF3N8O7/c33-21-7-5-20(6-8-21)31(11-12-31)44-29-41-28(42-30(43-29)51-17-32(34,35)36)39-22-9-3-19(4-10-22)24(45)40-23(27(48)49)15-38-26(47)25(46)37-14-18-2-1-13-50-16-18/h3-10,18,23H,1-2,11-17H2,(H,37,46)(H,38,47)(H,40,45)(H,48,49)(H2,39,41,42,43,44)/t18?,23-/m0/s1. The summed E-state index contributed by atoms with van der Waals surface area (Å²) in [6.45, 7) is -0.844. The molecule has 1 saturated heterocycles. The van der Waals surface area contributed by atoms with Gasteiger partial charge in [0.15, 0.2) is 6.61 Å². The topological polar surface area (TPSA) is 206 Å². The zero-order chi connectivity index (χ0) is 36.6. The zero-order valence-corrected chi connectivity index (χ0v) is 27.6. The third kappa shape index (κ3) is 10.9. The van der Waals surface area contributed by atoms with Crippen molar-refractivity contribution in [2.75, 3.05) is 43.5 Å². The Kier molecular flexibility index (Phi) is 11.8. The minimum Gasteiger partial charge on any atom is -0.480 e. The first-order valence-corrected chi connectivity index (χ1v) is 16.2. The molecule has 1 aromatic heterocycles. The van der Waals surface area contributed by atoms with Gasteiger partial charge in [-0.25, -0.2) is 4.79 Å². The maximum atomic E-state index is 12.9. The van der Waals surface area contributed by atoms with Crippen LogP contribution in [0.1, 0.15) is 41.6 Å². The minimum absolute atomic E-state index is 0.0383. The van der Waals surface area contributed by atoms with Gasteiger partial charge >= 0.3 is 30.0 Å². The van der Waals surface area contributed by atoms with Gasteiger partial charge in [-0.05, 0) is 73.6 Å². The van der Waals surface area contributed by atoms with Gasteiger partial charge < -0.3 is 41.2 Å². The summed E-state index contributed by atoms with van der Waals surface area (Å²) >= 11 is 6.01. The Bertz CT molecular complexity index is 1720. The lowest BCUT2D eigenvalue weighted by molar-refractivity contribution is -0.154. The second-order valence-corrected chi connectivity index (χ2v) is 12.4. The van der Waals surface area contributed by atoms with E-state index < -0.39 is 60.6 Å². The molecule has 272 valence electrons. The SMILES string of the molecule is O=C(NCC1CCCOC1)C(=O)NC[C@H](NC(=O)c1ccc(Nc2nc(NC3(c4ccc(Cl)cc4)CC3)nc(OCC(F)(F)F)n2)cc1)C(=O)O. The van der Waals surface area contributed by atoms with Crippen molar-refractivity contribution in [2.45, 2.75) is 43.4 Å². The number of carboxylic acid groups (broad SMARTS) is 1. The zero-order valence-electron chi connectivity index (χ0n) is 26.9. The number of aromatic nitrogens is 3. The van der Waals surface area contributed by atoms with Gasteiger partial charge in [-0.3, -0.25) is 14.4 Å². The quantitative estimate of drug-likeness (QED) is 0.132. The maximum Gasteiger partial charge on any atom is 0.422 e. The Morgan fingerprint density at radius 1 is 0.980 bits per heavy atom. The second kappa shape index (κ2) is 16.2. The monoisotopic (exact) mass is 734 g/mol. The van der Waals surface area contributed by atoms with Crippen LogP contribution in [0.15, 0.2) is 48.5 Å². The number of anilines is 3. The van der Waals surface area contributed by atoms with Crippen LogP contribution >= 0.6 is 11.6 Å². The highest BCUT2D eigenvalue weighted by atomic mass is 35.5. The molecule has 2 heterocycles. The van der Waals surface area contributed by atoms with Crippen molar-refractivity contribution in [2.24, 2.45) is 5.92 Å². The van der Waals surface area contributed by atoms with Crippen LogP contribution in [0.4, 0.5) is 30.8 Å². The number of aliphatic carboxylic acids is 1. The average molecular weight is 735 g/mol. The van der Waals surface area contributed by atoms with E-state index in [9.17, 15) is 37.5 Å². The van der Waals surface area contributed by atoms with Crippen LogP contribution in [0.2, 0.25) is 5.02 Å². The maximum absolute atomic E-state index is 12.9. The van der Waals surface area contributed by atoms with Crippen LogP contribution < -0.4 is 31.3 Å². The Labute approximate surface area is 294 Å². The fourth-order valence-corrected chi connectivity index (χ4v) is 5.24. The van der Waals surface area contributed by atoms with E-state index in [1.165, 1.54) is 24.3 Å². The molecule has 51 heavy (non-hydrogen) atoms. The van der Waals surface area contributed by atoms with E-state index in [1.807, 2.05) is 12.1 Å². The summed E-state index contributed by atoms with van der Waals surface area (Å²) in [5.74, 6) is -4.37. The molecule has 6 N–H and O–H groups in total. The van der Waals surface area contributed by atoms with Crippen molar-refractivity contribution in [3.05, 3.63) is 64.7 Å². The minimum atomic E-state index is -4.64. The van der Waals surface area contributed by atoms with Crippen LogP contribution in [0.5, 0.6) is 6.01 Å². The summed E-state index contributed by atoms with van der Waals surface area (Å²) < 4.78 is 48.9. The summed E-state index contributed by atoms with van der Waals surface area (Å²) in [6, 6.07) is 10.5. The number of nitrogens with zero attached hydrogens (tertiary/aromatic N) is 3. The van der Waals surface area contributed by atoms with Crippen molar-refractivity contribution >= 4 is 52.9 Å². The van der Waals surface area contributed by atoms with Gasteiger partial charge in [0, 0.05) is 36.0 Å². The molecule has 2 atom stereocenters. The highest BCUT2D eigenvalue weighted by Gasteiger charge is 2.45. The number of halogens is 4. The van der Waals surface area contributed by atoms with E-state index in [-0.39, 0.29) is 29.9 Å². The van der Waals surface area contributed by atoms with Crippen LogP contribution in [-0.2, 0) is 24.7 Å². The Balaban J connectivity index is 1.20. The number of benzene rings is 2. The van der Waals surface area contributed by atoms with Gasteiger partial charge in [0.2, 0.25) is 11.9 Å². The van der Waals surface area contributed by atoms with Crippen LogP contribution in [0, 0.1) is 5.92 Å². The molecule has 3 aromatic rings. The van der Waals surface area contributed by atoms with Crippen LogP contribution in [0.25, 0.3) is 0 Å². The Morgan fingerprint density at radius 2 is 1.67 bits per heavy atom. The number of ether oxygens (including phenoxy) is 2. The molecule has 1 aliphatic heterocycles. The molecular formula is C32H34ClF3N8O7. The first kappa shape index (κ1) is 37.0. The molecule has 5 rings (SSSR count). The number of rotatable bonds is 14. The summed E-state index contributed by atoms with van der Waals surface area (Å²) in [6.07, 6.45) is -1.55. The van der Waals surface area contributed by atoms with Crippen molar-refractivity contribution in [3.8, 4) is 6.01 Å². The lowest BCUT2D eigenvalue weighted by Gasteiger charge is -2.22. The van der Waals surface area contributed by atoms with Crippen molar-refractivity contribution in [1.29, 1.82) is 0 Å². The fraction of sp³-hybridized carbons (Fsp3) is 0.406. The molecule has 19 heteroatoms. The largest absolute Gasteiger partial charge is 0.480 e. The predicted molar refractivity (Wildman–Crippen MR) is 176 cm³/mol. The average Bonchev–Trinajstić information content (AvgIpc) is 3.88. The third-order valence-electron chi connectivity index (χ3n) is 7.96. The Morgan fingerprint density at radius 3 is 2.29 bits per heavy atom. The first-order chi connectivity index (χ1) is 24.3. The number of carbonyl (C=O) groups is 4. The summed E-state index contributed by atoms with van der Waals surface area (Å²) in [4.78, 5) is 61.2. The molecule has 15 nitrogen and oxygen atoms in total. The van der Waals surface area contributed by atoms with E-state index >= 15 is 0 Å². The number of amides is 3. The van der Waals surface area contributed by atoms with Crippen LogP contribution in [-0.4, -0.2) is 88.9 Å². The summed E-state index contributed by atoms with van der Waals surface area (Å²) in [5.41, 5.74) is 0.674. The highest BCUT2D eigenvalue weighted by Crippen LogP contribution is 2.48. The lowest BCUT2D eigenvalue weighted by atomic mass is 10.0. The molecule has 1 aliphatic carbocycles. The van der Waals surface area contributed by atoms with Crippen LogP contribution in [0.3, 0.4) is 0 Å². The Hall–Kier alpha value is -5.23. The predicted octanol–water partition coefficient (Wildman–Crippen LogP) is 3.15. The van der Waals surface area contributed by atoms with E-state index in [0.717, 1.165) is 18.4 Å². The number of carbonyl (C=O) groups excluding carboxylic acids is 3. The molecule has 0 spiro atoms. The molecule has 2 aromatic carbocycles. The van der Waals surface area contributed by atoms with E-state index in [4.69, 9.17) is 21.1 Å². The summed E-state index contributed by atoms with van der Waals surface area (Å²) in [5, 5.41) is 23.1. The summed E-state index contributed by atoms with van der Waals surface area (Å²) in [7, 11) is 0. The van der Waals surface area contributed by atoms with E-state index in [0.29, 0.717) is 36.8 Å². The van der Waals surface area contributed by atoms with Gasteiger partial charge in [0.25, 0.3) is 5.91 Å². The lowest BCUT2D eigenvalue weighted by Crippen LogP contribution is -2.51. The van der Waals surface area contributed by atoms with Gasteiger partial charge in [0.1, 0.15) is 6.04 Å². The second-order valence-electron chi connectivity index (χ2n) is 12.0. The van der Waals surface area contributed by atoms with E-state index in [1.54, 1.807) is 12.1 Å². The van der Waals surface area contributed by atoms with Gasteiger partial charge in [0.05, 0.1) is 12.1 Å². The number of nitrogens with one attached hydrogen (secondary N) is 5. The normalized spacial score (nSPS) is 17.0. The number of alkyl halides is 3. The molecule has 1 unspecified atom stereocenters. The fourth-order valence-electron chi connectivity index (χ4n) is 5.11. The molecule has 0 radical (unpaired) electrons. The molecule has 1 saturated carbocycles. The molecule has 0 bridgehead atoms. The number of carboxylic acids is 1. The van der Waals surface area contributed by atoms with Gasteiger partial charge in [-0.2, -0.15) is 28.1 Å². The van der Waals surface area contributed by atoms with Crippen molar-refractivity contribution in [1.82, 2.24) is 30.9 Å².